The van der Waals surface area contributed by atoms with Gasteiger partial charge in [0.2, 0.25) is 0 Å². The van der Waals surface area contributed by atoms with Crippen molar-refractivity contribution in [2.75, 3.05) is 10.0 Å². The third kappa shape index (κ3) is 3.78. The van der Waals surface area contributed by atoms with Crippen LogP contribution in [0, 0.1) is 5.82 Å². The number of hydrogen-bond acceptors (Lipinski definition) is 6. The molecule has 0 aliphatic carbocycles. The molecular formula is C14H10FN3O3S3. The largest absolute Gasteiger partial charge is 0.321 e. The van der Waals surface area contributed by atoms with Gasteiger partial charge in [0.15, 0.2) is 5.13 Å². The molecule has 0 aliphatic rings. The number of halogens is 1. The second kappa shape index (κ2) is 6.67. The van der Waals surface area contributed by atoms with E-state index in [2.05, 4.69) is 15.0 Å². The topological polar surface area (TPSA) is 88.2 Å². The van der Waals surface area contributed by atoms with Gasteiger partial charge in [-0.1, -0.05) is 12.1 Å². The standard InChI is InChI=1S/C14H10FN3O3S3/c15-9-3-1-4-10(7-9)16-13(19)11-8-23-14(17-11)18-24(20,21)12-5-2-6-22-12/h1-8H,(H,16,19)(H,17,18). The van der Waals surface area contributed by atoms with Gasteiger partial charge in [0.1, 0.15) is 15.7 Å². The fraction of sp³-hybridized carbons (Fsp3) is 0. The minimum Gasteiger partial charge on any atom is -0.321 e. The first-order valence-corrected chi connectivity index (χ1v) is 9.77. The van der Waals surface area contributed by atoms with Gasteiger partial charge in [0.25, 0.3) is 15.9 Å². The van der Waals surface area contributed by atoms with E-state index in [1.165, 1.54) is 35.7 Å². The predicted molar refractivity (Wildman–Crippen MR) is 91.6 cm³/mol. The highest BCUT2D eigenvalue weighted by molar-refractivity contribution is 7.94. The van der Waals surface area contributed by atoms with Gasteiger partial charge in [-0.3, -0.25) is 9.52 Å². The number of carbonyl (C=O) groups is 1. The molecule has 1 aromatic carbocycles. The molecule has 3 rings (SSSR count). The SMILES string of the molecule is O=C(Nc1cccc(F)c1)c1csc(NS(=O)(=O)c2cccs2)n1. The summed E-state index contributed by atoms with van der Waals surface area (Å²) >= 11 is 2.06. The third-order valence-electron chi connectivity index (χ3n) is 2.80. The summed E-state index contributed by atoms with van der Waals surface area (Å²) in [6.07, 6.45) is 0. The first kappa shape index (κ1) is 16.6. The predicted octanol–water partition coefficient (Wildman–Crippen LogP) is 3.40. The number of aromatic nitrogens is 1. The van der Waals surface area contributed by atoms with Crippen LogP contribution in [0.25, 0.3) is 0 Å². The van der Waals surface area contributed by atoms with Crippen LogP contribution in [0.5, 0.6) is 0 Å². The lowest BCUT2D eigenvalue weighted by atomic mass is 10.3. The van der Waals surface area contributed by atoms with Crippen LogP contribution in [0.2, 0.25) is 0 Å². The zero-order valence-corrected chi connectivity index (χ0v) is 14.3. The molecule has 0 aliphatic heterocycles. The normalized spacial score (nSPS) is 11.2. The van der Waals surface area contributed by atoms with Gasteiger partial charge < -0.3 is 5.32 Å². The van der Waals surface area contributed by atoms with Gasteiger partial charge in [-0.05, 0) is 29.6 Å². The maximum Gasteiger partial charge on any atom is 0.275 e. The van der Waals surface area contributed by atoms with Crippen molar-refractivity contribution >= 4 is 49.4 Å². The molecule has 0 atom stereocenters. The Bertz CT molecular complexity index is 968. The number of amides is 1. The van der Waals surface area contributed by atoms with E-state index in [0.29, 0.717) is 0 Å². The van der Waals surface area contributed by atoms with Gasteiger partial charge >= 0.3 is 0 Å². The quantitative estimate of drug-likeness (QED) is 0.707. The molecule has 1 amide bonds. The fourth-order valence-corrected chi connectivity index (χ4v) is 4.70. The smallest absolute Gasteiger partial charge is 0.275 e. The van der Waals surface area contributed by atoms with E-state index in [-0.39, 0.29) is 20.7 Å². The summed E-state index contributed by atoms with van der Waals surface area (Å²) in [7, 11) is -3.71. The molecule has 2 N–H and O–H groups in total. The molecule has 2 heterocycles. The van der Waals surface area contributed by atoms with Crippen LogP contribution in [-0.4, -0.2) is 19.3 Å². The number of anilines is 2. The summed E-state index contributed by atoms with van der Waals surface area (Å²) < 4.78 is 39.8. The summed E-state index contributed by atoms with van der Waals surface area (Å²) in [5.41, 5.74) is 0.321. The van der Waals surface area contributed by atoms with Crippen molar-refractivity contribution in [3.63, 3.8) is 0 Å². The number of rotatable bonds is 5. The van der Waals surface area contributed by atoms with Crippen LogP contribution < -0.4 is 10.0 Å². The summed E-state index contributed by atoms with van der Waals surface area (Å²) in [6, 6.07) is 8.53. The monoisotopic (exact) mass is 383 g/mol. The fourth-order valence-electron chi connectivity index (χ4n) is 1.77. The van der Waals surface area contributed by atoms with E-state index in [9.17, 15) is 17.6 Å². The number of nitrogens with zero attached hydrogens (tertiary/aromatic N) is 1. The van der Waals surface area contributed by atoms with E-state index >= 15 is 0 Å². The van der Waals surface area contributed by atoms with Crippen molar-refractivity contribution in [2.24, 2.45) is 0 Å². The van der Waals surface area contributed by atoms with Gasteiger partial charge in [-0.25, -0.2) is 17.8 Å². The molecule has 0 saturated carbocycles. The molecule has 0 unspecified atom stereocenters. The first-order valence-electron chi connectivity index (χ1n) is 6.53. The molecule has 6 nitrogen and oxygen atoms in total. The van der Waals surface area contributed by atoms with Crippen molar-refractivity contribution in [1.29, 1.82) is 0 Å². The van der Waals surface area contributed by atoms with E-state index in [1.807, 2.05) is 0 Å². The summed E-state index contributed by atoms with van der Waals surface area (Å²) in [5.74, 6) is -1.03. The Morgan fingerprint density at radius 1 is 1.17 bits per heavy atom. The molecule has 0 saturated heterocycles. The van der Waals surface area contributed by atoms with Crippen LogP contribution >= 0.6 is 22.7 Å². The molecule has 0 fully saturated rings. The van der Waals surface area contributed by atoms with Crippen LogP contribution in [-0.2, 0) is 10.0 Å². The van der Waals surface area contributed by atoms with Crippen LogP contribution in [0.1, 0.15) is 10.5 Å². The highest BCUT2D eigenvalue weighted by atomic mass is 32.2. The minimum absolute atomic E-state index is 0.0353. The average Bonchev–Trinajstić information content (AvgIpc) is 3.18. The molecule has 124 valence electrons. The van der Waals surface area contributed by atoms with Gasteiger partial charge in [-0.2, -0.15) is 0 Å². The molecule has 0 spiro atoms. The van der Waals surface area contributed by atoms with Crippen molar-refractivity contribution in [3.05, 3.63) is 58.7 Å². The minimum atomic E-state index is -3.71. The number of nitrogens with one attached hydrogen (secondary N) is 2. The Kier molecular flexibility index (Phi) is 4.60. The molecule has 2 aromatic heterocycles. The Hall–Kier alpha value is -2.30. The number of thiophene rings is 1. The number of benzene rings is 1. The zero-order valence-electron chi connectivity index (χ0n) is 11.9. The number of carbonyl (C=O) groups excluding carboxylic acids is 1. The highest BCUT2D eigenvalue weighted by Crippen LogP contribution is 2.23. The Labute approximate surface area is 145 Å². The Morgan fingerprint density at radius 3 is 2.71 bits per heavy atom. The van der Waals surface area contributed by atoms with E-state index in [0.717, 1.165) is 22.7 Å². The number of sulfonamides is 1. The molecule has 0 bridgehead atoms. The molecule has 3 aromatic rings. The van der Waals surface area contributed by atoms with Gasteiger partial charge in [0, 0.05) is 11.1 Å². The highest BCUT2D eigenvalue weighted by Gasteiger charge is 2.18. The van der Waals surface area contributed by atoms with Crippen LogP contribution in [0.3, 0.4) is 0 Å². The second-order valence-electron chi connectivity index (χ2n) is 4.54. The molecular weight excluding hydrogens is 373 g/mol. The maximum absolute atomic E-state index is 13.1. The lowest BCUT2D eigenvalue weighted by molar-refractivity contribution is 0.102. The average molecular weight is 383 g/mol. The lowest BCUT2D eigenvalue weighted by Gasteiger charge is -2.03. The lowest BCUT2D eigenvalue weighted by Crippen LogP contribution is -2.14. The first-order chi connectivity index (χ1) is 11.4. The van der Waals surface area contributed by atoms with Crippen molar-refractivity contribution < 1.29 is 17.6 Å². The summed E-state index contributed by atoms with van der Waals surface area (Å²) in [6.45, 7) is 0. The number of thiazole rings is 1. The van der Waals surface area contributed by atoms with Crippen molar-refractivity contribution in [3.8, 4) is 0 Å². The molecule has 0 radical (unpaired) electrons. The number of hydrogen-bond donors (Lipinski definition) is 2. The Balaban J connectivity index is 1.72. The maximum atomic E-state index is 13.1. The zero-order chi connectivity index (χ0) is 17.2. The molecule has 10 heteroatoms. The van der Waals surface area contributed by atoms with E-state index in [1.54, 1.807) is 11.4 Å². The van der Waals surface area contributed by atoms with Crippen LogP contribution in [0.15, 0.2) is 51.4 Å². The van der Waals surface area contributed by atoms with Gasteiger partial charge in [-0.15, -0.1) is 22.7 Å². The summed E-state index contributed by atoms with van der Waals surface area (Å²) in [4.78, 5) is 16.0. The van der Waals surface area contributed by atoms with Crippen molar-refractivity contribution in [2.45, 2.75) is 4.21 Å². The van der Waals surface area contributed by atoms with E-state index < -0.39 is 21.7 Å². The Morgan fingerprint density at radius 2 is 2.00 bits per heavy atom. The van der Waals surface area contributed by atoms with E-state index in [4.69, 9.17) is 0 Å². The van der Waals surface area contributed by atoms with Crippen LogP contribution in [0.4, 0.5) is 15.2 Å². The second-order valence-corrected chi connectivity index (χ2v) is 8.25. The van der Waals surface area contributed by atoms with Crippen molar-refractivity contribution in [1.82, 2.24) is 4.98 Å². The van der Waals surface area contributed by atoms with Gasteiger partial charge in [0.05, 0.1) is 0 Å². The third-order valence-corrected chi connectivity index (χ3v) is 6.42. The molecule has 24 heavy (non-hydrogen) atoms. The summed E-state index contributed by atoms with van der Waals surface area (Å²) in [5, 5.41) is 5.63.